The summed E-state index contributed by atoms with van der Waals surface area (Å²) in [5.74, 6) is -0.969. The Hall–Kier alpha value is -1.71. The summed E-state index contributed by atoms with van der Waals surface area (Å²) in [6.07, 6.45) is 0.235. The van der Waals surface area contributed by atoms with Crippen molar-refractivity contribution in [3.05, 3.63) is 35.6 Å². The number of carbonyl (C=O) groups is 2. The van der Waals surface area contributed by atoms with E-state index in [0.717, 1.165) is 0 Å². The molecule has 0 saturated carbocycles. The van der Waals surface area contributed by atoms with Crippen LogP contribution in [0.25, 0.3) is 0 Å². The summed E-state index contributed by atoms with van der Waals surface area (Å²) in [5, 5.41) is 0. The summed E-state index contributed by atoms with van der Waals surface area (Å²) in [6.45, 7) is 0.231. The fraction of sp³-hybridized carbons (Fsp3) is 0.200. The van der Waals surface area contributed by atoms with E-state index in [9.17, 15) is 14.0 Å². The fourth-order valence-corrected chi connectivity index (χ4v) is 1.08. The smallest absolute Gasteiger partial charge is 0.286 e. The zero-order valence-electron chi connectivity index (χ0n) is 7.74. The van der Waals surface area contributed by atoms with Gasteiger partial charge in [0, 0.05) is 13.6 Å². The van der Waals surface area contributed by atoms with Gasteiger partial charge in [0.15, 0.2) is 0 Å². The standard InChI is InChI=1S/C10H10FNO2/c1-12(10(14)7-13)6-8-3-2-4-9(11)5-8/h2-5,7H,6H2,1H3. The first-order valence-electron chi connectivity index (χ1n) is 4.08. The highest BCUT2D eigenvalue weighted by Gasteiger charge is 2.07. The lowest BCUT2D eigenvalue weighted by Crippen LogP contribution is -2.26. The molecule has 0 atom stereocenters. The summed E-state index contributed by atoms with van der Waals surface area (Å²) in [4.78, 5) is 22.2. The zero-order chi connectivity index (χ0) is 10.6. The van der Waals surface area contributed by atoms with Gasteiger partial charge in [-0.3, -0.25) is 9.59 Å². The Morgan fingerprint density at radius 3 is 2.86 bits per heavy atom. The van der Waals surface area contributed by atoms with Crippen LogP contribution in [0.5, 0.6) is 0 Å². The molecule has 0 unspecified atom stereocenters. The topological polar surface area (TPSA) is 37.4 Å². The van der Waals surface area contributed by atoms with E-state index in [1.807, 2.05) is 0 Å². The molecule has 0 N–H and O–H groups in total. The van der Waals surface area contributed by atoms with Crippen LogP contribution in [0, 0.1) is 5.82 Å². The summed E-state index contributed by atoms with van der Waals surface area (Å²) in [5.41, 5.74) is 0.655. The van der Waals surface area contributed by atoms with Crippen LogP contribution in [0.2, 0.25) is 0 Å². The van der Waals surface area contributed by atoms with E-state index in [0.29, 0.717) is 5.56 Å². The molecule has 0 radical (unpaired) electrons. The van der Waals surface area contributed by atoms with Gasteiger partial charge in [0.1, 0.15) is 5.82 Å². The Balaban J connectivity index is 2.69. The van der Waals surface area contributed by atoms with Crippen molar-refractivity contribution in [1.29, 1.82) is 0 Å². The Morgan fingerprint density at radius 1 is 1.57 bits per heavy atom. The van der Waals surface area contributed by atoms with Crippen LogP contribution in [0.15, 0.2) is 24.3 Å². The van der Waals surface area contributed by atoms with Crippen molar-refractivity contribution in [2.24, 2.45) is 0 Å². The van der Waals surface area contributed by atoms with Gasteiger partial charge in [-0.2, -0.15) is 0 Å². The highest BCUT2D eigenvalue weighted by atomic mass is 19.1. The van der Waals surface area contributed by atoms with Crippen molar-refractivity contribution in [2.75, 3.05) is 7.05 Å². The molecule has 74 valence electrons. The lowest BCUT2D eigenvalue weighted by atomic mass is 10.2. The average molecular weight is 195 g/mol. The third-order valence-electron chi connectivity index (χ3n) is 1.79. The number of hydrogen-bond donors (Lipinski definition) is 0. The number of nitrogens with zero attached hydrogens (tertiary/aromatic N) is 1. The Morgan fingerprint density at radius 2 is 2.29 bits per heavy atom. The van der Waals surface area contributed by atoms with Crippen LogP contribution in [0.3, 0.4) is 0 Å². The number of aldehydes is 1. The molecule has 1 amide bonds. The molecule has 0 aromatic heterocycles. The van der Waals surface area contributed by atoms with Crippen molar-refractivity contribution in [1.82, 2.24) is 4.90 Å². The monoisotopic (exact) mass is 195 g/mol. The maximum Gasteiger partial charge on any atom is 0.286 e. The first kappa shape index (κ1) is 10.4. The molecule has 0 heterocycles. The number of halogens is 1. The largest absolute Gasteiger partial charge is 0.335 e. The van der Waals surface area contributed by atoms with Crippen LogP contribution in [0.4, 0.5) is 4.39 Å². The average Bonchev–Trinajstić information content (AvgIpc) is 2.16. The van der Waals surface area contributed by atoms with E-state index in [1.54, 1.807) is 12.1 Å². The van der Waals surface area contributed by atoms with Crippen LogP contribution >= 0.6 is 0 Å². The van der Waals surface area contributed by atoms with Crippen LogP contribution in [0.1, 0.15) is 5.56 Å². The minimum Gasteiger partial charge on any atom is -0.335 e. The van der Waals surface area contributed by atoms with Crippen molar-refractivity contribution >= 4 is 12.2 Å². The second-order valence-corrected chi connectivity index (χ2v) is 2.94. The van der Waals surface area contributed by atoms with Crippen molar-refractivity contribution < 1.29 is 14.0 Å². The highest BCUT2D eigenvalue weighted by Crippen LogP contribution is 2.05. The molecule has 0 bridgehead atoms. The van der Waals surface area contributed by atoms with E-state index in [4.69, 9.17) is 0 Å². The Labute approximate surface area is 81.1 Å². The van der Waals surface area contributed by atoms with Crippen molar-refractivity contribution in [3.8, 4) is 0 Å². The quantitative estimate of drug-likeness (QED) is 0.532. The number of carbonyl (C=O) groups excluding carboxylic acids is 2. The van der Waals surface area contributed by atoms with Gasteiger partial charge in [0.2, 0.25) is 6.29 Å². The van der Waals surface area contributed by atoms with Crippen LogP contribution in [-0.2, 0) is 16.1 Å². The number of amides is 1. The number of likely N-dealkylation sites (N-methyl/N-ethyl adjacent to an activating group) is 1. The van der Waals surface area contributed by atoms with Gasteiger partial charge in [-0.15, -0.1) is 0 Å². The summed E-state index contributed by atoms with van der Waals surface area (Å²) < 4.78 is 12.7. The van der Waals surface area contributed by atoms with Gasteiger partial charge >= 0.3 is 0 Å². The molecule has 0 spiro atoms. The van der Waals surface area contributed by atoms with Crippen LogP contribution < -0.4 is 0 Å². The molecule has 0 fully saturated rings. The molecule has 3 nitrogen and oxygen atoms in total. The fourth-order valence-electron chi connectivity index (χ4n) is 1.08. The van der Waals surface area contributed by atoms with Crippen LogP contribution in [-0.4, -0.2) is 24.1 Å². The molecular weight excluding hydrogens is 185 g/mol. The molecule has 0 aliphatic rings. The number of rotatable bonds is 3. The van der Waals surface area contributed by atoms with E-state index in [1.165, 1.54) is 24.1 Å². The SMILES string of the molecule is CN(Cc1cccc(F)c1)C(=O)C=O. The lowest BCUT2D eigenvalue weighted by Gasteiger charge is -2.13. The summed E-state index contributed by atoms with van der Waals surface area (Å²) >= 11 is 0. The van der Waals surface area contributed by atoms with Crippen molar-refractivity contribution in [2.45, 2.75) is 6.54 Å². The zero-order valence-corrected chi connectivity index (χ0v) is 7.74. The third-order valence-corrected chi connectivity index (χ3v) is 1.79. The van der Waals surface area contributed by atoms with E-state index in [-0.39, 0.29) is 18.6 Å². The molecule has 0 saturated heterocycles. The number of hydrogen-bond acceptors (Lipinski definition) is 2. The van der Waals surface area contributed by atoms with Gasteiger partial charge < -0.3 is 4.90 Å². The normalized spacial score (nSPS) is 9.57. The minimum atomic E-state index is -0.616. The van der Waals surface area contributed by atoms with E-state index in [2.05, 4.69) is 0 Å². The molecule has 1 aromatic carbocycles. The summed E-state index contributed by atoms with van der Waals surface area (Å²) in [6, 6.07) is 5.90. The minimum absolute atomic E-state index is 0.231. The Kier molecular flexibility index (Phi) is 3.34. The molecule has 1 rings (SSSR count). The highest BCUT2D eigenvalue weighted by molar-refractivity contribution is 6.23. The Bertz CT molecular complexity index is 352. The predicted molar refractivity (Wildman–Crippen MR) is 48.9 cm³/mol. The first-order valence-corrected chi connectivity index (χ1v) is 4.08. The van der Waals surface area contributed by atoms with Gasteiger partial charge in [0.05, 0.1) is 0 Å². The van der Waals surface area contributed by atoms with Crippen molar-refractivity contribution in [3.63, 3.8) is 0 Å². The van der Waals surface area contributed by atoms with E-state index < -0.39 is 5.91 Å². The van der Waals surface area contributed by atoms with Gasteiger partial charge in [-0.05, 0) is 17.7 Å². The molecule has 14 heavy (non-hydrogen) atoms. The van der Waals surface area contributed by atoms with Gasteiger partial charge in [0.25, 0.3) is 5.91 Å². The van der Waals surface area contributed by atoms with Gasteiger partial charge in [-0.25, -0.2) is 4.39 Å². The second-order valence-electron chi connectivity index (χ2n) is 2.94. The second kappa shape index (κ2) is 4.50. The lowest BCUT2D eigenvalue weighted by molar-refractivity contribution is -0.138. The van der Waals surface area contributed by atoms with E-state index >= 15 is 0 Å². The molecule has 1 aromatic rings. The maximum atomic E-state index is 12.7. The maximum absolute atomic E-state index is 12.7. The van der Waals surface area contributed by atoms with Gasteiger partial charge in [-0.1, -0.05) is 12.1 Å². The third kappa shape index (κ3) is 2.65. The molecule has 0 aliphatic heterocycles. The first-order chi connectivity index (χ1) is 6.63. The molecule has 4 heteroatoms. The molecular formula is C10H10FNO2. The number of benzene rings is 1. The predicted octanol–water partition coefficient (Wildman–Crippen LogP) is 0.983. The summed E-state index contributed by atoms with van der Waals surface area (Å²) in [7, 11) is 1.49. The molecule has 0 aliphatic carbocycles.